The minimum Gasteiger partial charge on any atom is -0.310 e. The fourth-order valence-corrected chi connectivity index (χ4v) is 15.3. The largest absolute Gasteiger partial charge is 0.310 e. The van der Waals surface area contributed by atoms with Crippen molar-refractivity contribution < 1.29 is 0 Å². The van der Waals surface area contributed by atoms with Crippen LogP contribution in [-0.4, -0.2) is 14.1 Å². The van der Waals surface area contributed by atoms with Crippen LogP contribution >= 0.6 is 0 Å². The standard InChI is InChI=1S/C46H27N3.C45H26N2/c1-47-37-20-22-40-39-21-19-30(27-43(39)49(44(40)28-37)38-11-6-3-7-12-38)35-23-31-15-17-33-25-36(26-34-18-16-32(24-35)45(31)46(33)34)42-14-8-13-41(48-42)29-9-4-2-5-10-29;1-46-38-18-20-41-40-19-17-31(26-42(40)47(43(41)27-38)39-9-3-2-4-10-39)37-24-34-15-13-32-22-36(23-33-14-16-35(25-37)45(34)44(32)33)30-12-11-28-7-5-6-8-29(28)21-30/h2-28H;2-27H. The molecule has 96 heavy (non-hydrogen) atoms. The van der Waals surface area contributed by atoms with E-state index >= 15 is 0 Å². The summed E-state index contributed by atoms with van der Waals surface area (Å²) in [5, 5.41) is 22.4. The Labute approximate surface area is 552 Å². The summed E-state index contributed by atoms with van der Waals surface area (Å²) in [5.74, 6) is 0. The Hall–Kier alpha value is -13.2. The molecule has 3 heterocycles. The first kappa shape index (κ1) is 54.5. The lowest BCUT2D eigenvalue weighted by molar-refractivity contribution is 1.18. The summed E-state index contributed by atoms with van der Waals surface area (Å²) in [6.45, 7) is 15.2. The van der Waals surface area contributed by atoms with Crippen LogP contribution in [0.3, 0.4) is 0 Å². The number of para-hydroxylation sites is 2. The van der Waals surface area contributed by atoms with Crippen LogP contribution in [0.25, 0.3) is 196 Å². The first-order valence-corrected chi connectivity index (χ1v) is 32.4. The van der Waals surface area contributed by atoms with Gasteiger partial charge in [0.15, 0.2) is 11.4 Å². The monoisotopic (exact) mass is 1220 g/mol. The Balaban J connectivity index is 0.000000135. The lowest BCUT2D eigenvalue weighted by atomic mass is 9.89. The van der Waals surface area contributed by atoms with Crippen LogP contribution in [0, 0.1) is 13.1 Å². The van der Waals surface area contributed by atoms with E-state index in [0.29, 0.717) is 11.4 Å². The first-order valence-electron chi connectivity index (χ1n) is 32.4. The highest BCUT2D eigenvalue weighted by atomic mass is 15.0. The van der Waals surface area contributed by atoms with Crippen LogP contribution in [-0.2, 0) is 0 Å². The molecule has 0 amide bonds. The van der Waals surface area contributed by atoms with Gasteiger partial charge in [-0.15, -0.1) is 0 Å². The highest BCUT2D eigenvalue weighted by Crippen LogP contribution is 2.45. The second-order valence-electron chi connectivity index (χ2n) is 25.2. The maximum absolute atomic E-state index is 7.63. The van der Waals surface area contributed by atoms with E-state index in [2.05, 4.69) is 298 Å². The molecule has 0 fully saturated rings. The molecule has 0 aliphatic carbocycles. The molecule has 442 valence electrons. The topological polar surface area (TPSA) is 31.5 Å². The summed E-state index contributed by atoms with van der Waals surface area (Å²) in [7, 11) is 0. The second-order valence-corrected chi connectivity index (χ2v) is 25.2. The molecule has 0 saturated carbocycles. The molecule has 0 bridgehead atoms. The Morgan fingerprint density at radius 1 is 0.219 bits per heavy atom. The van der Waals surface area contributed by atoms with E-state index in [4.69, 9.17) is 18.1 Å². The van der Waals surface area contributed by atoms with E-state index in [1.54, 1.807) is 0 Å². The lowest BCUT2D eigenvalue weighted by Gasteiger charge is -2.15. The molecule has 17 aromatic carbocycles. The maximum atomic E-state index is 7.63. The third kappa shape index (κ3) is 8.88. The van der Waals surface area contributed by atoms with Crippen molar-refractivity contribution in [3.63, 3.8) is 0 Å². The molecule has 5 heteroatoms. The van der Waals surface area contributed by atoms with E-state index in [9.17, 15) is 0 Å². The van der Waals surface area contributed by atoms with E-state index < -0.39 is 0 Å². The number of nitrogens with zero attached hydrogens (tertiary/aromatic N) is 5. The Morgan fingerprint density at radius 2 is 0.531 bits per heavy atom. The molecule has 0 aliphatic rings. The van der Waals surface area contributed by atoms with Gasteiger partial charge in [-0.05, 0) is 224 Å². The molecule has 5 nitrogen and oxygen atoms in total. The van der Waals surface area contributed by atoms with Crippen molar-refractivity contribution in [1.29, 1.82) is 0 Å². The molecule has 20 aromatic rings. The molecule has 20 rings (SSSR count). The van der Waals surface area contributed by atoms with Gasteiger partial charge in [-0.1, -0.05) is 206 Å². The average Bonchev–Trinajstić information content (AvgIpc) is 0.916. The predicted octanol–water partition coefficient (Wildman–Crippen LogP) is 25.3. The van der Waals surface area contributed by atoms with Crippen molar-refractivity contribution in [1.82, 2.24) is 14.1 Å². The van der Waals surface area contributed by atoms with Gasteiger partial charge in [0.05, 0.1) is 35.6 Å². The number of hydrogen-bond donors (Lipinski definition) is 0. The summed E-state index contributed by atoms with van der Waals surface area (Å²) in [4.78, 5) is 12.5. The normalized spacial score (nSPS) is 11.7. The minimum atomic E-state index is 0.642. The highest BCUT2D eigenvalue weighted by Gasteiger charge is 2.20. The van der Waals surface area contributed by atoms with E-state index in [1.807, 2.05) is 42.5 Å². The molecule has 0 aliphatic heterocycles. The third-order valence-corrected chi connectivity index (χ3v) is 19.7. The van der Waals surface area contributed by atoms with Gasteiger partial charge >= 0.3 is 0 Å². The zero-order chi connectivity index (χ0) is 63.5. The molecule has 0 atom stereocenters. The maximum Gasteiger partial charge on any atom is 0.189 e. The van der Waals surface area contributed by atoms with Gasteiger partial charge in [-0.2, -0.15) is 0 Å². The van der Waals surface area contributed by atoms with Crippen molar-refractivity contribution in [2.24, 2.45) is 0 Å². The predicted molar refractivity (Wildman–Crippen MR) is 404 cm³/mol. The van der Waals surface area contributed by atoms with Gasteiger partial charge < -0.3 is 9.13 Å². The van der Waals surface area contributed by atoms with Crippen molar-refractivity contribution in [2.75, 3.05) is 0 Å². The zero-order valence-electron chi connectivity index (χ0n) is 51.8. The van der Waals surface area contributed by atoms with E-state index in [-0.39, 0.29) is 0 Å². The lowest BCUT2D eigenvalue weighted by Crippen LogP contribution is -1.93. The molecule has 3 aromatic heterocycles. The van der Waals surface area contributed by atoms with Gasteiger partial charge in [0.1, 0.15) is 0 Å². The Kier molecular flexibility index (Phi) is 12.3. The number of benzene rings is 17. The number of fused-ring (bicyclic) bond motifs is 7. The van der Waals surface area contributed by atoms with E-state index in [1.165, 1.54) is 114 Å². The van der Waals surface area contributed by atoms with Crippen molar-refractivity contribution in [3.05, 3.63) is 344 Å². The van der Waals surface area contributed by atoms with Crippen LogP contribution in [0.1, 0.15) is 0 Å². The fourth-order valence-electron chi connectivity index (χ4n) is 15.3. The van der Waals surface area contributed by atoms with Gasteiger partial charge in [0.25, 0.3) is 0 Å². The van der Waals surface area contributed by atoms with Crippen LogP contribution in [0.4, 0.5) is 11.4 Å². The van der Waals surface area contributed by atoms with Gasteiger partial charge in [-0.3, -0.25) is 0 Å². The number of rotatable bonds is 7. The molecule has 0 unspecified atom stereocenters. The third-order valence-electron chi connectivity index (χ3n) is 19.7. The summed E-state index contributed by atoms with van der Waals surface area (Å²) in [6, 6.07) is 115. The van der Waals surface area contributed by atoms with Crippen LogP contribution < -0.4 is 0 Å². The molecular formula is C91H53N5. The first-order chi connectivity index (χ1) is 47.4. The molecule has 0 N–H and O–H groups in total. The quantitative estimate of drug-likeness (QED) is 0.116. The van der Waals surface area contributed by atoms with Crippen LogP contribution in [0.15, 0.2) is 322 Å². The fraction of sp³-hybridized carbons (Fsp3) is 0. The Bertz CT molecular complexity index is 6510. The smallest absolute Gasteiger partial charge is 0.189 e. The van der Waals surface area contributed by atoms with Gasteiger partial charge in [0, 0.05) is 55.1 Å². The molecular weight excluding hydrogens is 1160 g/mol. The summed E-state index contributed by atoms with van der Waals surface area (Å²) in [5.41, 5.74) is 19.2. The van der Waals surface area contributed by atoms with Gasteiger partial charge in [-0.25, -0.2) is 14.7 Å². The number of hydrogen-bond acceptors (Lipinski definition) is 1. The molecule has 0 radical (unpaired) electrons. The number of pyridine rings is 1. The summed E-state index contributed by atoms with van der Waals surface area (Å²) >= 11 is 0. The summed E-state index contributed by atoms with van der Waals surface area (Å²) in [6.07, 6.45) is 0. The Morgan fingerprint density at radius 3 is 0.948 bits per heavy atom. The SMILES string of the molecule is [C-]#[N+]c1ccc2c3ccc(-c4cc5ccc6cc(-c7ccc8ccccc8c7)cc7ccc(c4)c5c67)cc3n(-c3ccccc3)c2c1.[C-]#[N+]c1ccc2c3ccc(-c4cc5ccc6cc(-c7cccc(-c8ccccc8)n7)cc7ccc(c4)c5c67)cc3n(-c3ccccc3)c2c1. The van der Waals surface area contributed by atoms with Crippen LogP contribution in [0.2, 0.25) is 0 Å². The minimum absolute atomic E-state index is 0.642. The van der Waals surface area contributed by atoms with E-state index in [0.717, 1.165) is 72.3 Å². The van der Waals surface area contributed by atoms with Crippen molar-refractivity contribution in [2.45, 2.75) is 0 Å². The van der Waals surface area contributed by atoms with Gasteiger partial charge in [0.2, 0.25) is 0 Å². The van der Waals surface area contributed by atoms with Crippen molar-refractivity contribution >= 4 is 130 Å². The van der Waals surface area contributed by atoms with Crippen LogP contribution in [0.5, 0.6) is 0 Å². The second kappa shape index (κ2) is 21.7. The van der Waals surface area contributed by atoms with Crippen molar-refractivity contribution in [3.8, 4) is 67.3 Å². The zero-order valence-corrected chi connectivity index (χ0v) is 51.8. The molecule has 0 spiro atoms. The highest BCUT2D eigenvalue weighted by molar-refractivity contribution is 6.26. The average molecular weight is 1220 g/mol. The summed E-state index contributed by atoms with van der Waals surface area (Å²) < 4.78 is 4.58. The molecule has 0 saturated heterocycles. The number of aromatic nitrogens is 3.